The van der Waals surface area contributed by atoms with Crippen molar-refractivity contribution >= 4 is 54.5 Å². The van der Waals surface area contributed by atoms with E-state index in [1.165, 1.54) is 18.5 Å². The number of hydrogen-bond acceptors (Lipinski definition) is 5. The molecule has 2 aromatic rings. The van der Waals surface area contributed by atoms with Crippen LogP contribution in [0.15, 0.2) is 18.5 Å². The van der Waals surface area contributed by atoms with Crippen LogP contribution in [-0.4, -0.2) is 46.7 Å². The molecule has 4 atom stereocenters. The predicted molar refractivity (Wildman–Crippen MR) is 114 cm³/mol. The largest absolute Gasteiger partial charge is 0.345 e. The Morgan fingerprint density at radius 2 is 1.38 bits per heavy atom. The second kappa shape index (κ2) is 9.49. The maximum atomic E-state index is 12.2. The molecule has 0 spiro atoms. The number of halogens is 2. The first kappa shape index (κ1) is 24.4. The average Bonchev–Trinajstić information content (AvgIpc) is 3.08. The van der Waals surface area contributed by atoms with Gasteiger partial charge in [-0.05, 0) is 48.9 Å². The third kappa shape index (κ3) is 6.05. The first-order valence-electron chi connectivity index (χ1n) is 9.06. The number of nitrogens with zero attached hydrogens (tertiary/aromatic N) is 1. The van der Waals surface area contributed by atoms with E-state index in [9.17, 15) is 25.9 Å². The van der Waals surface area contributed by atoms with E-state index in [0.29, 0.717) is 23.9 Å². The van der Waals surface area contributed by atoms with Crippen molar-refractivity contribution in [2.75, 3.05) is 0 Å². The Kier molecular flexibility index (Phi) is 7.97. The molecule has 29 heavy (non-hydrogen) atoms. The number of aromatic amines is 1. The van der Waals surface area contributed by atoms with Gasteiger partial charge in [0.25, 0.3) is 20.2 Å². The quantitative estimate of drug-likeness (QED) is 0.337. The number of rotatable bonds is 10. The van der Waals surface area contributed by atoms with Crippen LogP contribution < -0.4 is 0 Å². The lowest BCUT2D eigenvalue weighted by Crippen LogP contribution is -2.23. The maximum Gasteiger partial charge on any atom is 0.272 e. The summed E-state index contributed by atoms with van der Waals surface area (Å²) in [7, 11) is -9.28. The lowest BCUT2D eigenvalue weighted by Gasteiger charge is -2.24. The maximum absolute atomic E-state index is 12.2. The van der Waals surface area contributed by atoms with Gasteiger partial charge < -0.3 is 4.98 Å². The van der Waals surface area contributed by atoms with Crippen LogP contribution >= 0.6 is 23.2 Å². The molecule has 4 unspecified atom stereocenters. The molecule has 0 aliphatic rings. The van der Waals surface area contributed by atoms with Gasteiger partial charge in [0.15, 0.2) is 0 Å². The van der Waals surface area contributed by atoms with Crippen molar-refractivity contribution in [3.63, 3.8) is 0 Å². The molecular weight excluding hydrogens is 463 g/mol. The Morgan fingerprint density at radius 1 is 0.931 bits per heavy atom. The molecule has 0 saturated carbocycles. The van der Waals surface area contributed by atoms with E-state index in [2.05, 4.69) is 9.97 Å². The van der Waals surface area contributed by atoms with E-state index >= 15 is 0 Å². The summed E-state index contributed by atoms with van der Waals surface area (Å²) in [6.45, 7) is 3.52. The van der Waals surface area contributed by atoms with Gasteiger partial charge in [-0.3, -0.25) is 9.11 Å². The molecule has 8 nitrogen and oxygen atoms in total. The molecule has 0 amide bonds. The molecule has 0 aliphatic carbocycles. The Morgan fingerprint density at radius 3 is 1.79 bits per heavy atom. The van der Waals surface area contributed by atoms with Crippen LogP contribution in [-0.2, 0) is 20.2 Å². The van der Waals surface area contributed by atoms with Gasteiger partial charge >= 0.3 is 0 Å². The standard InChI is InChI=1S/C17H24Cl2N2O6S2/c1-3-10(18)5-16(28(22,23)24)12-7-14-15(21-9-20-14)8-13(12)17(29(25,26)27)6-11(19)4-2/h7-11,16-17H,3-6H2,1-2H3,(H,20,21)(H,22,23,24)(H,25,26,27). The molecule has 164 valence electrons. The van der Waals surface area contributed by atoms with Crippen LogP contribution in [0.4, 0.5) is 0 Å². The number of imidazole rings is 1. The number of hydrogen-bond donors (Lipinski definition) is 3. The van der Waals surface area contributed by atoms with Crippen LogP contribution in [0.1, 0.15) is 61.2 Å². The summed E-state index contributed by atoms with van der Waals surface area (Å²) >= 11 is 12.3. The first-order chi connectivity index (χ1) is 13.4. The van der Waals surface area contributed by atoms with E-state index in [1.54, 1.807) is 13.8 Å². The second-order valence-electron chi connectivity index (χ2n) is 6.89. The van der Waals surface area contributed by atoms with Gasteiger partial charge in [0.1, 0.15) is 10.5 Å². The molecule has 3 N–H and O–H groups in total. The average molecular weight is 487 g/mol. The zero-order valence-electron chi connectivity index (χ0n) is 15.9. The molecular formula is C17H24Cl2N2O6S2. The van der Waals surface area contributed by atoms with Gasteiger partial charge in [0.2, 0.25) is 0 Å². The van der Waals surface area contributed by atoms with Crippen LogP contribution in [0.5, 0.6) is 0 Å². The van der Waals surface area contributed by atoms with Crippen LogP contribution in [0.2, 0.25) is 0 Å². The van der Waals surface area contributed by atoms with Gasteiger partial charge in [-0.15, -0.1) is 23.2 Å². The minimum Gasteiger partial charge on any atom is -0.345 e. The van der Waals surface area contributed by atoms with Gasteiger partial charge in [-0.2, -0.15) is 16.8 Å². The predicted octanol–water partition coefficient (Wildman–Crippen LogP) is 4.24. The highest BCUT2D eigenvalue weighted by atomic mass is 35.5. The van der Waals surface area contributed by atoms with E-state index in [4.69, 9.17) is 23.2 Å². The van der Waals surface area contributed by atoms with Crippen LogP contribution in [0.3, 0.4) is 0 Å². The van der Waals surface area contributed by atoms with Gasteiger partial charge in [-0.25, -0.2) is 4.98 Å². The molecule has 0 fully saturated rings. The minimum atomic E-state index is -4.64. The normalized spacial score (nSPS) is 17.2. The highest BCUT2D eigenvalue weighted by Gasteiger charge is 2.36. The second-order valence-corrected chi connectivity index (χ2v) is 11.3. The summed E-state index contributed by atoms with van der Waals surface area (Å²) in [5, 5.41) is -4.12. The molecule has 12 heteroatoms. The number of aromatic nitrogens is 2. The van der Waals surface area contributed by atoms with Crippen molar-refractivity contribution in [1.29, 1.82) is 0 Å². The summed E-state index contributed by atoms with van der Waals surface area (Å²) in [6, 6.07) is 2.81. The smallest absolute Gasteiger partial charge is 0.272 e. The van der Waals surface area contributed by atoms with Gasteiger partial charge in [-0.1, -0.05) is 13.8 Å². The lowest BCUT2D eigenvalue weighted by molar-refractivity contribution is 0.454. The topological polar surface area (TPSA) is 137 Å². The Bertz CT molecular complexity index is 973. The number of alkyl halides is 2. The zero-order chi connectivity index (χ0) is 22.0. The third-order valence-corrected chi connectivity index (χ3v) is 8.17. The van der Waals surface area contributed by atoms with Crippen molar-refractivity contribution in [3.05, 3.63) is 29.6 Å². The van der Waals surface area contributed by atoms with E-state index < -0.39 is 41.5 Å². The molecule has 1 heterocycles. The monoisotopic (exact) mass is 486 g/mol. The first-order valence-corrected chi connectivity index (χ1v) is 12.9. The third-order valence-electron chi connectivity index (χ3n) is 4.86. The van der Waals surface area contributed by atoms with Crippen molar-refractivity contribution in [1.82, 2.24) is 9.97 Å². The molecule has 0 aliphatic heterocycles. The summed E-state index contributed by atoms with van der Waals surface area (Å²) in [5.74, 6) is 0. The van der Waals surface area contributed by atoms with Crippen molar-refractivity contribution in [2.45, 2.75) is 60.8 Å². The van der Waals surface area contributed by atoms with E-state index in [-0.39, 0.29) is 24.0 Å². The fourth-order valence-electron chi connectivity index (χ4n) is 3.19. The highest BCUT2D eigenvalue weighted by Crippen LogP contribution is 2.40. The zero-order valence-corrected chi connectivity index (χ0v) is 19.1. The number of nitrogens with one attached hydrogen (secondary N) is 1. The number of benzene rings is 1. The van der Waals surface area contributed by atoms with E-state index in [1.807, 2.05) is 0 Å². The van der Waals surface area contributed by atoms with Crippen molar-refractivity contribution < 1.29 is 25.9 Å². The van der Waals surface area contributed by atoms with E-state index in [0.717, 1.165) is 0 Å². The van der Waals surface area contributed by atoms with Crippen LogP contribution in [0.25, 0.3) is 11.0 Å². The van der Waals surface area contributed by atoms with Crippen molar-refractivity contribution in [2.24, 2.45) is 0 Å². The van der Waals surface area contributed by atoms with Gasteiger partial charge in [0, 0.05) is 10.8 Å². The number of fused-ring (bicyclic) bond motifs is 1. The molecule has 0 radical (unpaired) electrons. The summed E-state index contributed by atoms with van der Waals surface area (Å²) in [4.78, 5) is 6.91. The Labute approximate surface area is 180 Å². The summed E-state index contributed by atoms with van der Waals surface area (Å²) in [6.07, 6.45) is 1.97. The summed E-state index contributed by atoms with van der Waals surface area (Å²) in [5.41, 5.74) is 0.888. The fraction of sp³-hybridized carbons (Fsp3) is 0.588. The number of H-pyrrole nitrogens is 1. The SMILES string of the molecule is CCC(Cl)CC(c1cc2nc[nH]c2cc1C(CC(Cl)CC)S(=O)(=O)O)S(=O)(=O)O. The molecule has 0 saturated heterocycles. The summed E-state index contributed by atoms with van der Waals surface area (Å²) < 4.78 is 68.5. The Hall–Kier alpha value is -0.910. The minimum absolute atomic E-state index is 0.0220. The molecule has 1 aromatic heterocycles. The molecule has 0 bridgehead atoms. The highest BCUT2D eigenvalue weighted by molar-refractivity contribution is 7.86. The molecule has 1 aromatic carbocycles. The lowest BCUT2D eigenvalue weighted by atomic mass is 9.95. The fourth-order valence-corrected chi connectivity index (χ4v) is 5.76. The van der Waals surface area contributed by atoms with Crippen LogP contribution in [0, 0.1) is 0 Å². The Balaban J connectivity index is 2.78. The van der Waals surface area contributed by atoms with Crippen molar-refractivity contribution in [3.8, 4) is 0 Å². The molecule has 2 rings (SSSR count). The van der Waals surface area contributed by atoms with Gasteiger partial charge in [0.05, 0.1) is 17.4 Å².